The summed E-state index contributed by atoms with van der Waals surface area (Å²) >= 11 is 0. The van der Waals surface area contributed by atoms with Crippen molar-refractivity contribution < 1.29 is 0 Å². The summed E-state index contributed by atoms with van der Waals surface area (Å²) < 4.78 is 0. The molecule has 1 atom stereocenters. The maximum Gasteiger partial charge on any atom is 0.116 e. The Morgan fingerprint density at radius 1 is 1.27 bits per heavy atom. The highest BCUT2D eigenvalue weighted by Crippen LogP contribution is 1.99. The molecule has 0 aliphatic rings. The number of hydrogen-bond acceptors (Lipinski definition) is 2. The van der Waals surface area contributed by atoms with Gasteiger partial charge in [0.2, 0.25) is 0 Å². The van der Waals surface area contributed by atoms with E-state index in [9.17, 15) is 0 Å². The third-order valence-electron chi connectivity index (χ3n) is 1.06. The average molecular weight is 170 g/mol. The van der Waals surface area contributed by atoms with E-state index in [1.165, 1.54) is 0 Å². The summed E-state index contributed by atoms with van der Waals surface area (Å²) in [5, 5.41) is 0. The molecule has 0 bridgehead atoms. The van der Waals surface area contributed by atoms with Crippen LogP contribution in [0.1, 0.15) is 19.5 Å². The van der Waals surface area contributed by atoms with Crippen molar-refractivity contribution in [3.05, 3.63) is 18.1 Å². The Morgan fingerprint density at radius 2 is 1.91 bits per heavy atom. The van der Waals surface area contributed by atoms with Gasteiger partial charge in [0, 0.05) is 5.69 Å². The Morgan fingerprint density at radius 3 is 2.27 bits per heavy atom. The SMILES string of the molecule is CC.CPc1cc(C)ncn1. The van der Waals surface area contributed by atoms with E-state index in [0.717, 1.165) is 19.7 Å². The standard InChI is InChI=1S/C6H9N2P.C2H6/c1-5-3-6(9-2)8-4-7-5;1-2/h3-4,9H,1-2H3;1-2H3. The quantitative estimate of drug-likeness (QED) is 0.600. The number of nitrogens with zero attached hydrogens (tertiary/aromatic N) is 2. The van der Waals surface area contributed by atoms with E-state index in [-0.39, 0.29) is 0 Å². The van der Waals surface area contributed by atoms with Crippen molar-refractivity contribution in [3.8, 4) is 0 Å². The minimum absolute atomic E-state index is 0.775. The second kappa shape index (κ2) is 6.23. The Bertz CT molecular complexity index is 201. The summed E-state index contributed by atoms with van der Waals surface area (Å²) in [6.45, 7) is 8.09. The minimum Gasteiger partial charge on any atom is -0.242 e. The molecule has 62 valence electrons. The van der Waals surface area contributed by atoms with Crippen LogP contribution in [-0.2, 0) is 0 Å². The molecule has 1 aromatic rings. The van der Waals surface area contributed by atoms with Crippen LogP contribution in [0.2, 0.25) is 0 Å². The van der Waals surface area contributed by atoms with Gasteiger partial charge in [-0.2, -0.15) is 0 Å². The Kier molecular flexibility index (Phi) is 5.96. The second-order valence-corrected chi connectivity index (χ2v) is 2.81. The molecule has 11 heavy (non-hydrogen) atoms. The lowest BCUT2D eigenvalue weighted by molar-refractivity contribution is 1.13. The van der Waals surface area contributed by atoms with Crippen LogP contribution < -0.4 is 5.44 Å². The van der Waals surface area contributed by atoms with E-state index in [1.54, 1.807) is 6.33 Å². The molecule has 0 amide bonds. The number of aryl methyl sites for hydroxylation is 1. The van der Waals surface area contributed by atoms with Gasteiger partial charge in [0.05, 0.1) is 5.44 Å². The van der Waals surface area contributed by atoms with E-state index >= 15 is 0 Å². The monoisotopic (exact) mass is 170 g/mol. The fourth-order valence-corrected chi connectivity index (χ4v) is 1.13. The lowest BCUT2D eigenvalue weighted by Gasteiger charge is -1.93. The molecule has 0 fully saturated rings. The van der Waals surface area contributed by atoms with Gasteiger partial charge in [0.25, 0.3) is 0 Å². The normalized spacial score (nSPS) is 9.45. The smallest absolute Gasteiger partial charge is 0.116 e. The zero-order chi connectivity index (χ0) is 8.69. The van der Waals surface area contributed by atoms with Crippen molar-refractivity contribution in [2.75, 3.05) is 6.66 Å². The van der Waals surface area contributed by atoms with Crippen LogP contribution in [0.4, 0.5) is 0 Å². The van der Waals surface area contributed by atoms with Gasteiger partial charge in [-0.15, -0.1) is 0 Å². The molecular weight excluding hydrogens is 155 g/mol. The summed E-state index contributed by atoms with van der Waals surface area (Å²) in [5.74, 6) is 0. The van der Waals surface area contributed by atoms with Crippen LogP contribution in [0.5, 0.6) is 0 Å². The molecule has 1 rings (SSSR count). The first-order valence-corrected chi connectivity index (χ1v) is 5.29. The lowest BCUT2D eigenvalue weighted by Crippen LogP contribution is -2.01. The molecule has 1 heterocycles. The van der Waals surface area contributed by atoms with Gasteiger partial charge in [-0.1, -0.05) is 22.4 Å². The number of aromatic nitrogens is 2. The van der Waals surface area contributed by atoms with Crippen molar-refractivity contribution in [1.29, 1.82) is 0 Å². The predicted octanol–water partition coefficient (Wildman–Crippen LogP) is 1.74. The van der Waals surface area contributed by atoms with E-state index in [0.29, 0.717) is 0 Å². The molecule has 0 saturated carbocycles. The van der Waals surface area contributed by atoms with E-state index in [2.05, 4.69) is 16.6 Å². The molecule has 0 aliphatic carbocycles. The molecule has 0 N–H and O–H groups in total. The molecule has 0 spiro atoms. The van der Waals surface area contributed by atoms with Gasteiger partial charge in [-0.25, -0.2) is 9.97 Å². The lowest BCUT2D eigenvalue weighted by atomic mass is 10.5. The molecule has 0 saturated heterocycles. The summed E-state index contributed by atoms with van der Waals surface area (Å²) in [5.41, 5.74) is 2.19. The van der Waals surface area contributed by atoms with Crippen LogP contribution in [0.25, 0.3) is 0 Å². The van der Waals surface area contributed by atoms with Gasteiger partial charge in [0.1, 0.15) is 6.33 Å². The Labute approximate surface area is 70.3 Å². The average Bonchev–Trinajstić information content (AvgIpc) is 2.08. The summed E-state index contributed by atoms with van der Waals surface area (Å²) in [4.78, 5) is 8.04. The van der Waals surface area contributed by atoms with Crippen molar-refractivity contribution >= 4 is 14.0 Å². The van der Waals surface area contributed by atoms with Crippen LogP contribution >= 0.6 is 8.58 Å². The first kappa shape index (κ1) is 10.5. The molecule has 0 radical (unpaired) electrons. The van der Waals surface area contributed by atoms with Gasteiger partial charge in [-0.05, 0) is 19.7 Å². The molecule has 3 heteroatoms. The zero-order valence-electron chi connectivity index (χ0n) is 7.55. The first-order chi connectivity index (χ1) is 5.33. The van der Waals surface area contributed by atoms with Crippen LogP contribution in [0.15, 0.2) is 12.4 Å². The molecular formula is C8H15N2P. The van der Waals surface area contributed by atoms with Crippen LogP contribution in [0.3, 0.4) is 0 Å². The van der Waals surface area contributed by atoms with Gasteiger partial charge >= 0.3 is 0 Å². The van der Waals surface area contributed by atoms with Crippen molar-refractivity contribution in [2.45, 2.75) is 20.8 Å². The van der Waals surface area contributed by atoms with Gasteiger partial charge in [-0.3, -0.25) is 0 Å². The van der Waals surface area contributed by atoms with Crippen LogP contribution in [0, 0.1) is 6.92 Å². The third-order valence-corrected chi connectivity index (χ3v) is 1.85. The van der Waals surface area contributed by atoms with Crippen molar-refractivity contribution in [3.63, 3.8) is 0 Å². The maximum absolute atomic E-state index is 4.06. The highest BCUT2D eigenvalue weighted by molar-refractivity contribution is 7.45. The predicted molar refractivity (Wildman–Crippen MR) is 52.0 cm³/mol. The Hall–Kier alpha value is -0.490. The molecule has 1 unspecified atom stereocenters. The highest BCUT2D eigenvalue weighted by Gasteiger charge is 1.88. The first-order valence-electron chi connectivity index (χ1n) is 3.79. The van der Waals surface area contributed by atoms with E-state index < -0.39 is 0 Å². The van der Waals surface area contributed by atoms with Gasteiger partial charge < -0.3 is 0 Å². The number of hydrogen-bond donors (Lipinski definition) is 0. The minimum atomic E-state index is 0.775. The van der Waals surface area contributed by atoms with Crippen molar-refractivity contribution in [2.24, 2.45) is 0 Å². The number of rotatable bonds is 1. The molecule has 2 nitrogen and oxygen atoms in total. The second-order valence-electron chi connectivity index (χ2n) is 1.79. The Balaban J connectivity index is 0.000000461. The largest absolute Gasteiger partial charge is 0.242 e. The fourth-order valence-electron chi connectivity index (χ4n) is 0.591. The summed E-state index contributed by atoms with van der Waals surface area (Å²) in [6, 6.07) is 2.01. The molecule has 1 aromatic heterocycles. The third kappa shape index (κ3) is 4.05. The highest BCUT2D eigenvalue weighted by atomic mass is 31.1. The summed E-state index contributed by atoms with van der Waals surface area (Å²) in [7, 11) is 0.775. The molecule has 0 aliphatic heterocycles. The summed E-state index contributed by atoms with van der Waals surface area (Å²) in [6.07, 6.45) is 1.61. The fraction of sp³-hybridized carbons (Fsp3) is 0.500. The maximum atomic E-state index is 4.06. The van der Waals surface area contributed by atoms with E-state index in [4.69, 9.17) is 0 Å². The molecule has 0 aromatic carbocycles. The topological polar surface area (TPSA) is 25.8 Å². The zero-order valence-corrected chi connectivity index (χ0v) is 8.55. The van der Waals surface area contributed by atoms with Crippen molar-refractivity contribution in [1.82, 2.24) is 9.97 Å². The van der Waals surface area contributed by atoms with Crippen LogP contribution in [-0.4, -0.2) is 16.6 Å². The van der Waals surface area contributed by atoms with Gasteiger partial charge in [0.15, 0.2) is 0 Å². The van der Waals surface area contributed by atoms with E-state index in [1.807, 2.05) is 26.8 Å².